The number of nitrogens with zero attached hydrogens (tertiary/aromatic N) is 2. The van der Waals surface area contributed by atoms with Gasteiger partial charge in [0, 0.05) is 34.7 Å². The van der Waals surface area contributed by atoms with Crippen LogP contribution in [0.2, 0.25) is 0 Å². The normalized spacial score (nSPS) is 11.2. The number of aromatic nitrogens is 2. The zero-order valence-corrected chi connectivity index (χ0v) is 15.5. The van der Waals surface area contributed by atoms with Crippen LogP contribution in [-0.4, -0.2) is 26.6 Å². The monoisotopic (exact) mass is 380 g/mol. The molecule has 4 aromatic rings. The van der Waals surface area contributed by atoms with Crippen LogP contribution < -0.4 is 0 Å². The number of ketones is 1. The summed E-state index contributed by atoms with van der Waals surface area (Å²) < 4.78 is 7.26. The van der Waals surface area contributed by atoms with Gasteiger partial charge in [-0.2, -0.15) is 5.10 Å². The molecule has 0 aliphatic heterocycles. The Morgan fingerprint density at radius 3 is 2.70 bits per heavy atom. The Kier molecular flexibility index (Phi) is 4.16. The molecule has 0 aliphatic carbocycles. The summed E-state index contributed by atoms with van der Waals surface area (Å²) in [5, 5.41) is 16.6. The molecular weight excluding hydrogens is 364 g/mol. The van der Waals surface area contributed by atoms with E-state index >= 15 is 0 Å². The molecule has 0 aliphatic rings. The van der Waals surface area contributed by atoms with Gasteiger partial charge in [-0.3, -0.25) is 9.48 Å². The van der Waals surface area contributed by atoms with Crippen LogP contribution in [0, 0.1) is 6.92 Å². The second-order valence-electron chi connectivity index (χ2n) is 6.30. The number of carbonyl (C=O) groups excluding carboxylic acids is 1. The fourth-order valence-electron chi connectivity index (χ4n) is 3.17. The fraction of sp³-hybridized carbons (Fsp3) is 0.150. The van der Waals surface area contributed by atoms with E-state index in [1.165, 1.54) is 11.3 Å². The molecule has 1 N–H and O–H groups in total. The summed E-state index contributed by atoms with van der Waals surface area (Å²) >= 11 is 1.26. The van der Waals surface area contributed by atoms with E-state index in [4.69, 9.17) is 4.42 Å². The summed E-state index contributed by atoms with van der Waals surface area (Å²) in [6, 6.07) is 10.9. The fourth-order valence-corrected chi connectivity index (χ4v) is 4.19. The highest BCUT2D eigenvalue weighted by Crippen LogP contribution is 2.33. The van der Waals surface area contributed by atoms with Crippen LogP contribution in [0.5, 0.6) is 0 Å². The first-order valence-electron chi connectivity index (χ1n) is 8.30. The largest absolute Gasteiger partial charge is 0.478 e. The second-order valence-corrected chi connectivity index (χ2v) is 7.26. The van der Waals surface area contributed by atoms with Crippen LogP contribution in [-0.2, 0) is 13.5 Å². The first-order chi connectivity index (χ1) is 12.9. The molecule has 3 aromatic heterocycles. The van der Waals surface area contributed by atoms with E-state index in [9.17, 15) is 14.7 Å². The number of Topliss-reactive ketones (excluding diaryl/α,β-unsaturated/α-hetero) is 1. The Balaban J connectivity index is 1.70. The molecule has 0 saturated heterocycles. The maximum absolute atomic E-state index is 12.7. The van der Waals surface area contributed by atoms with Crippen molar-refractivity contribution in [2.75, 3.05) is 0 Å². The number of aryl methyl sites for hydroxylation is 2. The van der Waals surface area contributed by atoms with Crippen molar-refractivity contribution in [1.82, 2.24) is 9.78 Å². The molecule has 1 aromatic carbocycles. The molecular formula is C20H16N2O4S. The highest BCUT2D eigenvalue weighted by Gasteiger charge is 2.24. The average Bonchev–Trinajstić information content (AvgIpc) is 3.30. The topological polar surface area (TPSA) is 85.3 Å². The number of furan rings is 1. The molecule has 6 nitrogen and oxygen atoms in total. The summed E-state index contributed by atoms with van der Waals surface area (Å²) in [7, 11) is 1.77. The SMILES string of the molecule is Cc1cc(-c2csc(CC(=O)c3cc4ccccc4o3)c2C(=O)O)n(C)n1. The Bertz CT molecular complexity index is 1150. The lowest BCUT2D eigenvalue weighted by atomic mass is 10.0. The number of benzene rings is 1. The number of carboxylic acids is 1. The van der Waals surface area contributed by atoms with Crippen molar-refractivity contribution in [2.24, 2.45) is 7.05 Å². The zero-order valence-electron chi connectivity index (χ0n) is 14.7. The Hall–Kier alpha value is -3.19. The molecule has 4 rings (SSSR count). The molecule has 7 heteroatoms. The number of hydrogen-bond acceptors (Lipinski definition) is 5. The summed E-state index contributed by atoms with van der Waals surface area (Å²) in [5.74, 6) is -1.07. The number of para-hydroxylation sites is 1. The lowest BCUT2D eigenvalue weighted by Crippen LogP contribution is -2.07. The first kappa shape index (κ1) is 17.2. The molecule has 27 heavy (non-hydrogen) atoms. The third kappa shape index (κ3) is 3.06. The van der Waals surface area contributed by atoms with E-state index in [0.717, 1.165) is 11.1 Å². The Morgan fingerprint density at radius 2 is 2.04 bits per heavy atom. The number of hydrogen-bond donors (Lipinski definition) is 1. The van der Waals surface area contributed by atoms with E-state index in [-0.39, 0.29) is 23.5 Å². The lowest BCUT2D eigenvalue weighted by Gasteiger charge is -2.03. The molecule has 0 atom stereocenters. The van der Waals surface area contributed by atoms with Crippen LogP contribution in [0.25, 0.3) is 22.2 Å². The second kappa shape index (κ2) is 6.51. The van der Waals surface area contributed by atoms with Crippen molar-refractivity contribution in [3.63, 3.8) is 0 Å². The van der Waals surface area contributed by atoms with Gasteiger partial charge in [0.15, 0.2) is 5.76 Å². The average molecular weight is 380 g/mol. The minimum atomic E-state index is -1.06. The van der Waals surface area contributed by atoms with Gasteiger partial charge < -0.3 is 9.52 Å². The van der Waals surface area contributed by atoms with Crippen molar-refractivity contribution in [3.8, 4) is 11.3 Å². The molecule has 0 saturated carbocycles. The molecule has 0 spiro atoms. The molecule has 136 valence electrons. The van der Waals surface area contributed by atoms with Crippen LogP contribution in [0.3, 0.4) is 0 Å². The molecule has 0 radical (unpaired) electrons. The number of thiophene rings is 1. The third-order valence-corrected chi connectivity index (χ3v) is 5.37. The number of rotatable bonds is 5. The maximum atomic E-state index is 12.7. The summed E-state index contributed by atoms with van der Waals surface area (Å²) in [5.41, 5.74) is 2.87. The molecule has 0 fully saturated rings. The number of carbonyl (C=O) groups is 2. The van der Waals surface area contributed by atoms with Crippen LogP contribution >= 0.6 is 11.3 Å². The van der Waals surface area contributed by atoms with Gasteiger partial charge >= 0.3 is 5.97 Å². The Labute approximate surface area is 158 Å². The van der Waals surface area contributed by atoms with Crippen LogP contribution in [0.1, 0.15) is 31.5 Å². The van der Waals surface area contributed by atoms with Crippen molar-refractivity contribution < 1.29 is 19.1 Å². The van der Waals surface area contributed by atoms with Gasteiger partial charge in [0.2, 0.25) is 5.78 Å². The van der Waals surface area contributed by atoms with Gasteiger partial charge in [-0.15, -0.1) is 11.3 Å². The predicted octanol–water partition coefficient (Wildman–Crippen LogP) is 4.33. The van der Waals surface area contributed by atoms with Crippen molar-refractivity contribution in [1.29, 1.82) is 0 Å². The van der Waals surface area contributed by atoms with E-state index in [0.29, 0.717) is 21.7 Å². The minimum absolute atomic E-state index is 0.0248. The van der Waals surface area contributed by atoms with E-state index in [1.54, 1.807) is 29.2 Å². The van der Waals surface area contributed by atoms with Gasteiger partial charge in [0.25, 0.3) is 0 Å². The van der Waals surface area contributed by atoms with E-state index in [1.807, 2.05) is 31.2 Å². The zero-order chi connectivity index (χ0) is 19.1. The van der Waals surface area contributed by atoms with Gasteiger partial charge in [-0.1, -0.05) is 18.2 Å². The van der Waals surface area contributed by atoms with E-state index < -0.39 is 5.97 Å². The lowest BCUT2D eigenvalue weighted by molar-refractivity contribution is 0.0697. The quantitative estimate of drug-likeness (QED) is 0.521. The number of fused-ring (bicyclic) bond motifs is 1. The molecule has 0 amide bonds. The molecule has 0 bridgehead atoms. The minimum Gasteiger partial charge on any atom is -0.478 e. The van der Waals surface area contributed by atoms with Gasteiger partial charge in [0.1, 0.15) is 5.58 Å². The highest BCUT2D eigenvalue weighted by molar-refractivity contribution is 7.11. The van der Waals surface area contributed by atoms with Gasteiger partial charge in [-0.25, -0.2) is 4.79 Å². The van der Waals surface area contributed by atoms with Crippen LogP contribution in [0.4, 0.5) is 0 Å². The molecule has 0 unspecified atom stereocenters. The van der Waals surface area contributed by atoms with Crippen molar-refractivity contribution in [3.05, 3.63) is 63.7 Å². The summed E-state index contributed by atoms with van der Waals surface area (Å²) in [4.78, 5) is 25.1. The Morgan fingerprint density at radius 1 is 1.26 bits per heavy atom. The predicted molar refractivity (Wildman–Crippen MR) is 102 cm³/mol. The van der Waals surface area contributed by atoms with Gasteiger partial charge in [0.05, 0.1) is 17.0 Å². The standard InChI is InChI=1S/C20H16N2O4S/c1-11-7-14(22(2)21-11)13-10-27-18(19(13)20(24)25)9-15(23)17-8-12-5-3-4-6-16(12)26-17/h3-8,10H,9H2,1-2H3,(H,24,25). The smallest absolute Gasteiger partial charge is 0.337 e. The van der Waals surface area contributed by atoms with Gasteiger partial charge in [-0.05, 0) is 25.1 Å². The number of carboxylic acid groups (broad SMARTS) is 1. The summed E-state index contributed by atoms with van der Waals surface area (Å²) in [6.45, 7) is 1.85. The molecule has 3 heterocycles. The van der Waals surface area contributed by atoms with E-state index in [2.05, 4.69) is 5.10 Å². The first-order valence-corrected chi connectivity index (χ1v) is 9.18. The van der Waals surface area contributed by atoms with Crippen LogP contribution in [0.15, 0.2) is 46.2 Å². The summed E-state index contributed by atoms with van der Waals surface area (Å²) in [6.07, 6.45) is -0.0248. The van der Waals surface area contributed by atoms with Crippen molar-refractivity contribution in [2.45, 2.75) is 13.3 Å². The maximum Gasteiger partial charge on any atom is 0.337 e. The van der Waals surface area contributed by atoms with Crippen molar-refractivity contribution >= 4 is 34.1 Å². The highest BCUT2D eigenvalue weighted by atomic mass is 32.1. The third-order valence-electron chi connectivity index (χ3n) is 4.38. The number of aromatic carboxylic acids is 1.